The molecule has 5 heteroatoms. The van der Waals surface area contributed by atoms with Crippen LogP contribution < -0.4 is 10.9 Å². The Kier molecular flexibility index (Phi) is 3.77. The van der Waals surface area contributed by atoms with Gasteiger partial charge in [0, 0.05) is 29.4 Å². The summed E-state index contributed by atoms with van der Waals surface area (Å²) in [6, 6.07) is 17.8. The highest BCUT2D eigenvalue weighted by Gasteiger charge is 2.26. The van der Waals surface area contributed by atoms with Crippen LogP contribution in [0.5, 0.6) is 0 Å². The maximum atomic E-state index is 13.0. The van der Waals surface area contributed by atoms with Gasteiger partial charge >= 0.3 is 0 Å². The Labute approximate surface area is 155 Å². The number of hydrogen-bond acceptors (Lipinski definition) is 4. The third-order valence-electron chi connectivity index (χ3n) is 5.28. The minimum atomic E-state index is 0.0272. The average Bonchev–Trinajstić information content (AvgIpc) is 3.06. The highest BCUT2D eigenvalue weighted by molar-refractivity contribution is 5.91. The number of aliphatic hydroxyl groups excluding tert-OH is 1. The summed E-state index contributed by atoms with van der Waals surface area (Å²) in [6.07, 6.45) is 0. The average molecular weight is 357 g/mol. The van der Waals surface area contributed by atoms with E-state index in [-0.39, 0.29) is 12.2 Å². The molecular weight excluding hydrogens is 338 g/mol. The van der Waals surface area contributed by atoms with E-state index in [1.807, 2.05) is 47.0 Å². The molecule has 5 rings (SSSR count). The Morgan fingerprint density at radius 1 is 1.07 bits per heavy atom. The smallest absolute Gasteiger partial charge is 0.259 e. The van der Waals surface area contributed by atoms with Gasteiger partial charge in [-0.3, -0.25) is 4.79 Å². The number of rotatable bonds is 4. The Morgan fingerprint density at radius 2 is 1.85 bits per heavy atom. The molecule has 1 aliphatic rings. The molecule has 0 saturated carbocycles. The molecule has 1 aliphatic heterocycles. The first-order chi connectivity index (χ1) is 13.3. The lowest BCUT2D eigenvalue weighted by atomic mass is 10.0. The number of para-hydroxylation sites is 1. The third kappa shape index (κ3) is 2.47. The van der Waals surface area contributed by atoms with Gasteiger partial charge in [0.1, 0.15) is 0 Å². The predicted octanol–water partition coefficient (Wildman–Crippen LogP) is 2.66. The van der Waals surface area contributed by atoms with E-state index < -0.39 is 0 Å². The minimum Gasteiger partial charge on any atom is -0.395 e. The lowest BCUT2D eigenvalue weighted by Crippen LogP contribution is -2.20. The van der Waals surface area contributed by atoms with E-state index in [0.29, 0.717) is 19.6 Å². The molecule has 0 fully saturated rings. The first kappa shape index (κ1) is 16.2. The molecule has 0 saturated heterocycles. The van der Waals surface area contributed by atoms with Gasteiger partial charge in [-0.15, -0.1) is 0 Å². The first-order valence-electron chi connectivity index (χ1n) is 9.13. The maximum Gasteiger partial charge on any atom is 0.259 e. The number of aliphatic hydroxyl groups is 1. The molecular formula is C22H19N3O2. The van der Waals surface area contributed by atoms with Crippen molar-refractivity contribution in [3.05, 3.63) is 76.1 Å². The topological polar surface area (TPSA) is 67.2 Å². The number of nitrogens with one attached hydrogen (secondary N) is 1. The van der Waals surface area contributed by atoms with E-state index in [1.165, 1.54) is 0 Å². The van der Waals surface area contributed by atoms with E-state index in [9.17, 15) is 4.79 Å². The number of pyridine rings is 2. The van der Waals surface area contributed by atoms with Crippen molar-refractivity contribution in [3.8, 4) is 11.4 Å². The van der Waals surface area contributed by atoms with Gasteiger partial charge in [-0.05, 0) is 29.1 Å². The predicted molar refractivity (Wildman–Crippen MR) is 107 cm³/mol. The summed E-state index contributed by atoms with van der Waals surface area (Å²) in [5.41, 5.74) is 4.95. The molecule has 0 atom stereocenters. The Hall–Kier alpha value is -3.02. The van der Waals surface area contributed by atoms with Crippen molar-refractivity contribution in [2.75, 3.05) is 13.2 Å². The fourth-order valence-corrected chi connectivity index (χ4v) is 4.01. The van der Waals surface area contributed by atoms with Gasteiger partial charge in [0.05, 0.1) is 30.1 Å². The molecule has 0 radical (unpaired) electrons. The van der Waals surface area contributed by atoms with Crippen LogP contribution >= 0.6 is 0 Å². The standard InChI is InChI=1S/C22H19N3O2/c26-10-9-23-12-17-16-7-3-4-8-19(16)24-21-18(17)13-25-20(21)11-14-5-1-2-6-15(14)22(25)27/h1-8,11,23,26H,9-10,12-13H2. The largest absolute Gasteiger partial charge is 0.395 e. The number of hydrogen-bond donors (Lipinski definition) is 2. The Balaban J connectivity index is 1.78. The van der Waals surface area contributed by atoms with Crippen LogP contribution in [0, 0.1) is 0 Å². The molecule has 0 spiro atoms. The molecule has 0 aliphatic carbocycles. The van der Waals surface area contributed by atoms with Crippen LogP contribution in [-0.4, -0.2) is 27.8 Å². The first-order valence-corrected chi connectivity index (χ1v) is 9.13. The molecule has 3 heterocycles. The van der Waals surface area contributed by atoms with Crippen LogP contribution in [0.3, 0.4) is 0 Å². The Bertz CT molecular complexity index is 1240. The quantitative estimate of drug-likeness (QED) is 0.485. The molecule has 0 amide bonds. The van der Waals surface area contributed by atoms with Crippen molar-refractivity contribution in [2.45, 2.75) is 13.1 Å². The van der Waals surface area contributed by atoms with Gasteiger partial charge in [0.15, 0.2) is 0 Å². The van der Waals surface area contributed by atoms with Crippen LogP contribution in [-0.2, 0) is 13.1 Å². The van der Waals surface area contributed by atoms with Crippen LogP contribution in [0.15, 0.2) is 59.4 Å². The van der Waals surface area contributed by atoms with Crippen LogP contribution in [0.4, 0.5) is 0 Å². The van der Waals surface area contributed by atoms with E-state index in [1.54, 1.807) is 0 Å². The zero-order valence-corrected chi connectivity index (χ0v) is 14.8. The number of benzene rings is 2. The molecule has 4 aromatic rings. The second-order valence-corrected chi connectivity index (χ2v) is 6.84. The van der Waals surface area contributed by atoms with Gasteiger partial charge in [-0.25, -0.2) is 4.98 Å². The number of fused-ring (bicyclic) bond motifs is 5. The number of nitrogens with zero attached hydrogens (tertiary/aromatic N) is 2. The van der Waals surface area contributed by atoms with Gasteiger partial charge < -0.3 is 15.0 Å². The highest BCUT2D eigenvalue weighted by atomic mass is 16.3. The lowest BCUT2D eigenvalue weighted by Gasteiger charge is -2.12. The van der Waals surface area contributed by atoms with E-state index in [2.05, 4.69) is 17.4 Å². The van der Waals surface area contributed by atoms with E-state index in [0.717, 1.165) is 44.2 Å². The van der Waals surface area contributed by atoms with Crippen molar-refractivity contribution in [1.29, 1.82) is 0 Å². The zero-order valence-electron chi connectivity index (χ0n) is 14.8. The van der Waals surface area contributed by atoms with Crippen LogP contribution in [0.1, 0.15) is 11.1 Å². The molecule has 2 N–H and O–H groups in total. The fourth-order valence-electron chi connectivity index (χ4n) is 4.01. The van der Waals surface area contributed by atoms with Gasteiger partial charge in [-0.1, -0.05) is 36.4 Å². The van der Waals surface area contributed by atoms with Crippen molar-refractivity contribution in [3.63, 3.8) is 0 Å². The van der Waals surface area contributed by atoms with Crippen molar-refractivity contribution in [2.24, 2.45) is 0 Å². The summed E-state index contributed by atoms with van der Waals surface area (Å²) in [5.74, 6) is 0. The molecule has 5 nitrogen and oxygen atoms in total. The molecule has 0 bridgehead atoms. The van der Waals surface area contributed by atoms with E-state index in [4.69, 9.17) is 10.1 Å². The lowest BCUT2D eigenvalue weighted by molar-refractivity contribution is 0.292. The minimum absolute atomic E-state index is 0.0272. The van der Waals surface area contributed by atoms with E-state index >= 15 is 0 Å². The second kappa shape index (κ2) is 6.30. The Morgan fingerprint density at radius 3 is 2.70 bits per heavy atom. The SMILES string of the molecule is O=c1c2ccccc2cc2n1Cc1c-2nc2ccccc2c1CNCCO. The van der Waals surface area contributed by atoms with Crippen molar-refractivity contribution in [1.82, 2.24) is 14.9 Å². The van der Waals surface area contributed by atoms with Crippen molar-refractivity contribution < 1.29 is 5.11 Å². The highest BCUT2D eigenvalue weighted by Crippen LogP contribution is 2.36. The summed E-state index contributed by atoms with van der Waals surface area (Å²) in [4.78, 5) is 17.9. The molecule has 2 aromatic carbocycles. The summed E-state index contributed by atoms with van der Waals surface area (Å²) in [5, 5.41) is 15.2. The van der Waals surface area contributed by atoms with Gasteiger partial charge in [0.2, 0.25) is 0 Å². The molecule has 134 valence electrons. The van der Waals surface area contributed by atoms with Crippen LogP contribution in [0.25, 0.3) is 33.1 Å². The molecule has 27 heavy (non-hydrogen) atoms. The zero-order chi connectivity index (χ0) is 18.4. The maximum absolute atomic E-state index is 13.0. The second-order valence-electron chi connectivity index (χ2n) is 6.84. The molecule has 2 aromatic heterocycles. The molecule has 0 unspecified atom stereocenters. The van der Waals surface area contributed by atoms with Crippen molar-refractivity contribution >= 4 is 21.7 Å². The summed E-state index contributed by atoms with van der Waals surface area (Å²) in [6.45, 7) is 1.79. The summed E-state index contributed by atoms with van der Waals surface area (Å²) in [7, 11) is 0. The monoisotopic (exact) mass is 357 g/mol. The summed E-state index contributed by atoms with van der Waals surface area (Å²) < 4.78 is 1.83. The van der Waals surface area contributed by atoms with Gasteiger partial charge in [-0.2, -0.15) is 0 Å². The normalized spacial score (nSPS) is 12.5. The fraction of sp³-hybridized carbons (Fsp3) is 0.182. The van der Waals surface area contributed by atoms with Crippen LogP contribution in [0.2, 0.25) is 0 Å². The van der Waals surface area contributed by atoms with Gasteiger partial charge in [0.25, 0.3) is 5.56 Å². The number of aromatic nitrogens is 2. The third-order valence-corrected chi connectivity index (χ3v) is 5.28. The summed E-state index contributed by atoms with van der Waals surface area (Å²) >= 11 is 0.